The Kier molecular flexibility index (Phi) is 21.9. The summed E-state index contributed by atoms with van der Waals surface area (Å²) >= 11 is 1.44. The van der Waals surface area contributed by atoms with Gasteiger partial charge in [-0.25, -0.2) is 21.6 Å². The number of halogens is 3. The molecule has 2 atom stereocenters. The molecule has 9 rings (SSSR count). The molecule has 24 heteroatoms. The number of allylic oxidation sites excluding steroid dienone is 2. The van der Waals surface area contributed by atoms with E-state index in [9.17, 15) is 54.0 Å². The lowest BCUT2D eigenvalue weighted by Crippen LogP contribution is -2.54. The Balaban J connectivity index is 0.760. The van der Waals surface area contributed by atoms with Gasteiger partial charge in [0.15, 0.2) is 0 Å². The van der Waals surface area contributed by atoms with Crippen molar-refractivity contribution < 1.29 is 54.0 Å². The first kappa shape index (κ1) is 66.8. The zero-order chi connectivity index (χ0) is 63.7. The lowest BCUT2D eigenvalue weighted by atomic mass is 9.72. The third-order valence-electron chi connectivity index (χ3n) is 17.5. The van der Waals surface area contributed by atoms with E-state index >= 15 is 0 Å². The van der Waals surface area contributed by atoms with E-state index in [0.29, 0.717) is 37.0 Å². The van der Waals surface area contributed by atoms with E-state index in [-0.39, 0.29) is 34.9 Å². The number of thioether (sulfide) groups is 1. The molecule has 5 aliphatic rings. The van der Waals surface area contributed by atoms with Crippen LogP contribution in [0, 0.1) is 5.41 Å². The second-order valence-corrected chi connectivity index (χ2v) is 29.3. The summed E-state index contributed by atoms with van der Waals surface area (Å²) in [6.07, 6.45) is 9.45. The van der Waals surface area contributed by atoms with Gasteiger partial charge in [-0.2, -0.15) is 13.2 Å². The number of piperazine rings is 2. The van der Waals surface area contributed by atoms with E-state index in [0.717, 1.165) is 151 Å². The topological polar surface area (TPSA) is 218 Å². The largest absolute Gasteiger partial charge is 0.501 e. The predicted octanol–water partition coefficient (Wildman–Crippen LogP) is 9.74. The first-order chi connectivity index (χ1) is 42.4. The van der Waals surface area contributed by atoms with E-state index in [2.05, 4.69) is 62.9 Å². The van der Waals surface area contributed by atoms with Crippen LogP contribution >= 0.6 is 11.8 Å². The number of benzene rings is 4. The smallest absolute Gasteiger partial charge is 0.384 e. The molecule has 4 aromatic rings. The normalized spacial score (nSPS) is 19.3. The number of sulfonamides is 1. The molecule has 5 amide bonds. The van der Waals surface area contributed by atoms with Gasteiger partial charge in [0, 0.05) is 112 Å². The van der Waals surface area contributed by atoms with Gasteiger partial charge >= 0.3 is 5.51 Å². The summed E-state index contributed by atoms with van der Waals surface area (Å²) in [6.45, 7) is 20.3. The monoisotopic (exact) mass is 1290 g/mol. The van der Waals surface area contributed by atoms with Crippen molar-refractivity contribution in [3.05, 3.63) is 131 Å². The Hall–Kier alpha value is -6.57. The molecule has 89 heavy (non-hydrogen) atoms. The zero-order valence-corrected chi connectivity index (χ0v) is 53.4. The number of piperidine rings is 1. The number of nitrogens with zero attached hydrogens (tertiary/aromatic N) is 5. The fraction of sp³-hybridized carbons (Fsp3) is 0.492. The molecule has 18 nitrogen and oxygen atoms in total. The van der Waals surface area contributed by atoms with Gasteiger partial charge in [0.05, 0.1) is 21.7 Å². The van der Waals surface area contributed by atoms with E-state index in [4.69, 9.17) is 0 Å². The molecule has 4 N–H and O–H groups in total. The third-order valence-corrected chi connectivity index (χ3v) is 21.6. The van der Waals surface area contributed by atoms with Crippen LogP contribution in [0.4, 0.5) is 30.2 Å². The highest BCUT2D eigenvalue weighted by Gasteiger charge is 2.49. The number of hydrogen-bond acceptors (Lipinski definition) is 16. The minimum atomic E-state index is -6.12. The van der Waals surface area contributed by atoms with Crippen molar-refractivity contribution in [3.8, 4) is 0 Å². The Morgan fingerprint density at radius 3 is 2.16 bits per heavy atom. The maximum Gasteiger partial charge on any atom is 0.501 e. The minimum absolute atomic E-state index is 0.0126. The van der Waals surface area contributed by atoms with Crippen molar-refractivity contribution in [3.63, 3.8) is 0 Å². The molecule has 0 saturated carbocycles. The number of amides is 5. The van der Waals surface area contributed by atoms with Gasteiger partial charge in [-0.1, -0.05) is 82.0 Å². The third kappa shape index (κ3) is 16.7. The number of unbranched alkanes of at least 4 members (excludes halogenated alkanes) is 3. The summed E-state index contributed by atoms with van der Waals surface area (Å²) in [5.41, 5.74) is -0.00264. The summed E-state index contributed by atoms with van der Waals surface area (Å²) in [6, 6.07) is 21.6. The fourth-order valence-electron chi connectivity index (χ4n) is 12.4. The molecule has 0 aromatic heterocycles. The molecule has 3 saturated heterocycles. The van der Waals surface area contributed by atoms with Gasteiger partial charge in [0.1, 0.15) is 10.9 Å². The Bertz CT molecular complexity index is 3520. The Morgan fingerprint density at radius 2 is 1.47 bits per heavy atom. The second-order valence-electron chi connectivity index (χ2n) is 24.6. The molecule has 0 radical (unpaired) electrons. The van der Waals surface area contributed by atoms with Gasteiger partial charge in [-0.3, -0.25) is 39.1 Å². The first-order valence-electron chi connectivity index (χ1n) is 30.9. The highest BCUT2D eigenvalue weighted by molar-refractivity contribution is 7.99. The quantitative estimate of drug-likeness (QED) is 0.0248. The van der Waals surface area contributed by atoms with Gasteiger partial charge in [0.2, 0.25) is 11.8 Å². The minimum Gasteiger partial charge on any atom is -0.384 e. The van der Waals surface area contributed by atoms with Crippen molar-refractivity contribution in [2.45, 2.75) is 130 Å². The van der Waals surface area contributed by atoms with E-state index in [1.165, 1.54) is 40.6 Å². The number of fused-ring (bicyclic) bond motifs is 1. The SMILES string of the molecule is C=C(CCC)C1=C(CN2CCN(c3ccc(C(=O)NS(=O)(=O)c4ccc(N[C@H](CCN5CCN(CCCCCCNc6cccc7c6C(=O)N(C6CCC(=O)NC6=O)C7=O)CC5)CSc5ccccc5)c(S(=O)(=O)C(F)(F)F)c4)cc3)CC2)CCC(C)(C)C1. The van der Waals surface area contributed by atoms with Crippen molar-refractivity contribution >= 4 is 78.2 Å². The lowest BCUT2D eigenvalue weighted by Gasteiger charge is -2.39. The van der Waals surface area contributed by atoms with Gasteiger partial charge in [-0.05, 0) is 136 Å². The standard InChI is InChI=1S/C65H82F3N9O9S3/c1-5-14-45(2)53-42-64(3,4)29-27-47(53)43-75-37-39-76(40-38-75)49-21-19-46(20-22-49)60(79)72-89(85,86)51-23-24-54(57(41-51)88(83,84)65(66,67)68)70-48(44-87-50-15-9-8-10-16-50)28-32-74-35-33-73(34-36-74)31-12-7-6-11-30-69-55-18-13-17-52-59(55)63(82)77(62(52)81)56-25-26-58(78)71-61(56)80/h8-10,13,15-24,41,48,56,69-70H,2,5-7,11-12,14,25-40,42-44H2,1,3-4H3,(H,72,79)(H,71,78,80)/t48-,56?/m1/s1. The maximum atomic E-state index is 14.5. The van der Waals surface area contributed by atoms with Crippen LogP contribution in [0.25, 0.3) is 0 Å². The zero-order valence-electron chi connectivity index (χ0n) is 51.0. The van der Waals surface area contributed by atoms with Gasteiger partial charge in [-0.15, -0.1) is 11.8 Å². The van der Waals surface area contributed by atoms with Crippen LogP contribution in [-0.4, -0.2) is 168 Å². The van der Waals surface area contributed by atoms with E-state index < -0.39 is 82.5 Å². The van der Waals surface area contributed by atoms with Crippen LogP contribution in [0.15, 0.2) is 129 Å². The highest BCUT2D eigenvalue weighted by atomic mass is 32.2. The summed E-state index contributed by atoms with van der Waals surface area (Å²) in [7, 11) is -11.0. The number of carbonyl (C=O) groups is 5. The number of rotatable bonds is 27. The Morgan fingerprint density at radius 1 is 0.787 bits per heavy atom. The van der Waals surface area contributed by atoms with Crippen LogP contribution < -0.4 is 25.6 Å². The molecule has 480 valence electrons. The molecule has 3 fully saturated rings. The number of carbonyl (C=O) groups excluding carboxylic acids is 5. The van der Waals surface area contributed by atoms with Crippen LogP contribution in [0.3, 0.4) is 0 Å². The summed E-state index contributed by atoms with van der Waals surface area (Å²) < 4.78 is 99.7. The van der Waals surface area contributed by atoms with Crippen LogP contribution in [0.5, 0.6) is 0 Å². The van der Waals surface area contributed by atoms with Crippen molar-refractivity contribution in [2.75, 3.05) is 99.8 Å². The first-order valence-corrected chi connectivity index (χ1v) is 34.8. The Labute approximate surface area is 525 Å². The summed E-state index contributed by atoms with van der Waals surface area (Å²) in [4.78, 5) is 73.5. The summed E-state index contributed by atoms with van der Waals surface area (Å²) in [5.74, 6) is -2.92. The summed E-state index contributed by atoms with van der Waals surface area (Å²) in [5, 5.41) is 8.57. The average molecular weight is 1290 g/mol. The molecular weight excluding hydrogens is 1200 g/mol. The highest BCUT2D eigenvalue weighted by Crippen LogP contribution is 2.43. The lowest BCUT2D eigenvalue weighted by molar-refractivity contribution is -0.136. The van der Waals surface area contributed by atoms with Crippen molar-refractivity contribution in [1.29, 1.82) is 0 Å². The maximum absolute atomic E-state index is 14.5. The molecule has 0 bridgehead atoms. The second kappa shape index (κ2) is 29.1. The van der Waals surface area contributed by atoms with Crippen LogP contribution in [-0.2, 0) is 29.4 Å². The average Bonchev–Trinajstić information content (AvgIpc) is 1.98. The molecule has 0 spiro atoms. The molecule has 4 aliphatic heterocycles. The van der Waals surface area contributed by atoms with Gasteiger partial charge < -0.3 is 25.3 Å². The molecular formula is C65H82F3N9O9S3. The van der Waals surface area contributed by atoms with E-state index in [1.807, 2.05) is 35.1 Å². The molecule has 1 unspecified atom stereocenters. The number of nitrogens with one attached hydrogen (secondary N) is 4. The van der Waals surface area contributed by atoms with Crippen LogP contribution in [0.2, 0.25) is 0 Å². The molecule has 4 aromatic carbocycles. The number of anilines is 3. The predicted molar refractivity (Wildman–Crippen MR) is 340 cm³/mol. The van der Waals surface area contributed by atoms with Crippen molar-refractivity contribution in [1.82, 2.24) is 29.6 Å². The van der Waals surface area contributed by atoms with Crippen LogP contribution in [0.1, 0.15) is 129 Å². The number of sulfone groups is 1. The number of imide groups is 2. The number of alkyl halides is 3. The fourth-order valence-corrected chi connectivity index (χ4v) is 15.4. The number of hydrogen-bond donors (Lipinski definition) is 4. The van der Waals surface area contributed by atoms with Crippen molar-refractivity contribution in [2.24, 2.45) is 5.41 Å². The molecule has 4 heterocycles. The van der Waals surface area contributed by atoms with Gasteiger partial charge in [0.25, 0.3) is 37.6 Å². The molecule has 1 aliphatic carbocycles. The van der Waals surface area contributed by atoms with E-state index in [1.54, 1.807) is 30.3 Å².